The normalized spacial score (nSPS) is 12.9. The molecule has 0 fully saturated rings. The summed E-state index contributed by atoms with van der Waals surface area (Å²) in [6.07, 6.45) is 0.705. The fraction of sp³-hybridized carbons (Fsp3) is 0.310. The van der Waals surface area contributed by atoms with Crippen molar-refractivity contribution in [3.63, 3.8) is 0 Å². The van der Waals surface area contributed by atoms with Crippen LogP contribution < -0.4 is 9.62 Å². The quantitative estimate of drug-likeness (QED) is 0.265. The molecule has 2 amide bonds. The summed E-state index contributed by atoms with van der Waals surface area (Å²) in [4.78, 5) is 28.5. The van der Waals surface area contributed by atoms with Gasteiger partial charge in [-0.25, -0.2) is 8.42 Å². The summed E-state index contributed by atoms with van der Waals surface area (Å²) >= 11 is 18.6. The maximum atomic E-state index is 14.0. The molecule has 7 nitrogen and oxygen atoms in total. The molecule has 1 N–H and O–H groups in total. The average Bonchev–Trinajstić information content (AvgIpc) is 2.93. The van der Waals surface area contributed by atoms with Gasteiger partial charge in [-0.1, -0.05) is 72.1 Å². The Morgan fingerprint density at radius 1 is 0.900 bits per heavy atom. The van der Waals surface area contributed by atoms with Crippen LogP contribution in [0, 0.1) is 6.92 Å². The highest BCUT2D eigenvalue weighted by Crippen LogP contribution is 2.31. The van der Waals surface area contributed by atoms with Crippen molar-refractivity contribution >= 4 is 62.3 Å². The topological polar surface area (TPSA) is 86.8 Å². The van der Waals surface area contributed by atoms with Crippen molar-refractivity contribution in [2.45, 2.75) is 57.6 Å². The molecule has 0 saturated carbocycles. The Hall–Kier alpha value is -2.78. The van der Waals surface area contributed by atoms with Gasteiger partial charge < -0.3 is 10.2 Å². The molecule has 214 valence electrons. The smallest absolute Gasteiger partial charge is 0.264 e. The molecule has 3 aromatic carbocycles. The zero-order chi connectivity index (χ0) is 29.6. The number of nitrogens with one attached hydrogen (secondary N) is 1. The predicted molar refractivity (Wildman–Crippen MR) is 162 cm³/mol. The zero-order valence-electron chi connectivity index (χ0n) is 22.7. The van der Waals surface area contributed by atoms with Crippen LogP contribution in [0.1, 0.15) is 38.3 Å². The molecule has 3 aromatic rings. The Kier molecular flexibility index (Phi) is 10.9. The van der Waals surface area contributed by atoms with Crippen LogP contribution in [0.2, 0.25) is 15.1 Å². The molecule has 0 unspecified atom stereocenters. The van der Waals surface area contributed by atoms with Crippen LogP contribution >= 0.6 is 34.8 Å². The Bertz CT molecular complexity index is 1470. The van der Waals surface area contributed by atoms with E-state index in [1.807, 2.05) is 13.8 Å². The highest BCUT2D eigenvalue weighted by atomic mass is 35.5. The molecule has 0 saturated heterocycles. The highest BCUT2D eigenvalue weighted by molar-refractivity contribution is 7.92. The van der Waals surface area contributed by atoms with Crippen LogP contribution in [0.4, 0.5) is 5.69 Å². The number of hydrogen-bond donors (Lipinski definition) is 1. The molecule has 0 heterocycles. The first kappa shape index (κ1) is 31.7. The number of sulfonamides is 1. The number of carbonyl (C=O) groups is 2. The van der Waals surface area contributed by atoms with Gasteiger partial charge in [0.15, 0.2) is 0 Å². The number of amides is 2. The van der Waals surface area contributed by atoms with Crippen molar-refractivity contribution < 1.29 is 18.0 Å². The standard InChI is InChI=1S/C29H32Cl3N3O4S/c1-5-19(2)33-29(37)21(4)34(17-22-14-15-25(31)26(32)16-22)28(36)18-35(27-13-9-12-24(30)20(27)3)40(38,39)23-10-7-6-8-11-23/h6-16,19,21H,5,17-18H2,1-4H3,(H,33,37)/t19-,21-/m0/s1. The third kappa shape index (κ3) is 7.49. The van der Waals surface area contributed by atoms with E-state index in [0.29, 0.717) is 32.6 Å². The summed E-state index contributed by atoms with van der Waals surface area (Å²) in [5.74, 6) is -0.948. The van der Waals surface area contributed by atoms with Crippen molar-refractivity contribution in [2.24, 2.45) is 0 Å². The monoisotopic (exact) mass is 623 g/mol. The molecule has 11 heteroatoms. The third-order valence-electron chi connectivity index (χ3n) is 6.62. The average molecular weight is 625 g/mol. The number of benzene rings is 3. The van der Waals surface area contributed by atoms with Gasteiger partial charge in [0.1, 0.15) is 12.6 Å². The lowest BCUT2D eigenvalue weighted by Crippen LogP contribution is -2.52. The molecular weight excluding hydrogens is 593 g/mol. The van der Waals surface area contributed by atoms with Crippen LogP contribution in [0.3, 0.4) is 0 Å². The van der Waals surface area contributed by atoms with E-state index in [0.717, 1.165) is 4.31 Å². The number of hydrogen-bond acceptors (Lipinski definition) is 4. The van der Waals surface area contributed by atoms with E-state index in [2.05, 4.69) is 5.32 Å². The van der Waals surface area contributed by atoms with Gasteiger partial charge in [-0.15, -0.1) is 0 Å². The maximum absolute atomic E-state index is 14.0. The maximum Gasteiger partial charge on any atom is 0.264 e. The number of nitrogens with zero attached hydrogens (tertiary/aromatic N) is 2. The summed E-state index contributed by atoms with van der Waals surface area (Å²) in [6.45, 7) is 6.53. The Balaban J connectivity index is 2.07. The molecule has 0 aliphatic heterocycles. The van der Waals surface area contributed by atoms with Crippen molar-refractivity contribution in [1.29, 1.82) is 0 Å². The van der Waals surface area contributed by atoms with E-state index in [1.54, 1.807) is 68.4 Å². The Labute approximate surface area is 251 Å². The molecule has 0 spiro atoms. The molecular formula is C29H32Cl3N3O4S. The summed E-state index contributed by atoms with van der Waals surface area (Å²) in [7, 11) is -4.19. The van der Waals surface area contributed by atoms with Gasteiger partial charge in [-0.2, -0.15) is 0 Å². The highest BCUT2D eigenvalue weighted by Gasteiger charge is 2.33. The van der Waals surface area contributed by atoms with Gasteiger partial charge in [-0.05, 0) is 74.7 Å². The fourth-order valence-corrected chi connectivity index (χ4v) is 5.97. The summed E-state index contributed by atoms with van der Waals surface area (Å²) in [5.41, 5.74) is 1.38. The largest absolute Gasteiger partial charge is 0.352 e. The van der Waals surface area contributed by atoms with Gasteiger partial charge in [0.05, 0.1) is 20.6 Å². The SMILES string of the molecule is CC[C@H](C)NC(=O)[C@H](C)N(Cc1ccc(Cl)c(Cl)c1)C(=O)CN(c1cccc(Cl)c1C)S(=O)(=O)c1ccccc1. The predicted octanol–water partition coefficient (Wildman–Crippen LogP) is 6.48. The van der Waals surface area contributed by atoms with Crippen molar-refractivity contribution in [1.82, 2.24) is 10.2 Å². The molecule has 0 aliphatic carbocycles. The molecule has 0 radical (unpaired) electrons. The number of halogens is 3. The molecule has 0 aliphatic rings. The summed E-state index contributed by atoms with van der Waals surface area (Å²) in [6, 6.07) is 16.6. The van der Waals surface area contributed by atoms with Gasteiger partial charge >= 0.3 is 0 Å². The van der Waals surface area contributed by atoms with Gasteiger partial charge in [0, 0.05) is 17.6 Å². The molecule has 3 rings (SSSR count). The van der Waals surface area contributed by atoms with Crippen LogP contribution in [0.25, 0.3) is 0 Å². The first-order valence-electron chi connectivity index (χ1n) is 12.7. The van der Waals surface area contributed by atoms with Crippen LogP contribution in [0.15, 0.2) is 71.6 Å². The first-order valence-corrected chi connectivity index (χ1v) is 15.3. The minimum atomic E-state index is -4.19. The lowest BCUT2D eigenvalue weighted by molar-refractivity contribution is -0.139. The number of anilines is 1. The van der Waals surface area contributed by atoms with E-state index >= 15 is 0 Å². The zero-order valence-corrected chi connectivity index (χ0v) is 25.8. The molecule has 0 aromatic heterocycles. The Morgan fingerprint density at radius 2 is 1.57 bits per heavy atom. The van der Waals surface area contributed by atoms with Crippen LogP contribution in [-0.2, 0) is 26.2 Å². The van der Waals surface area contributed by atoms with Crippen molar-refractivity contribution in [3.8, 4) is 0 Å². The molecule has 2 atom stereocenters. The van der Waals surface area contributed by atoms with Crippen LogP contribution in [0.5, 0.6) is 0 Å². The van der Waals surface area contributed by atoms with Gasteiger partial charge in [-0.3, -0.25) is 13.9 Å². The van der Waals surface area contributed by atoms with Crippen LogP contribution in [-0.4, -0.2) is 43.8 Å². The minimum Gasteiger partial charge on any atom is -0.352 e. The summed E-state index contributed by atoms with van der Waals surface area (Å²) in [5, 5.41) is 3.90. The van der Waals surface area contributed by atoms with E-state index < -0.39 is 28.5 Å². The second-order valence-electron chi connectivity index (χ2n) is 9.47. The lowest BCUT2D eigenvalue weighted by atomic mass is 10.1. The number of rotatable bonds is 11. The third-order valence-corrected chi connectivity index (χ3v) is 9.55. The van der Waals surface area contributed by atoms with E-state index in [1.165, 1.54) is 17.0 Å². The van der Waals surface area contributed by atoms with Crippen molar-refractivity contribution in [3.05, 3.63) is 92.9 Å². The second-order valence-corrected chi connectivity index (χ2v) is 12.6. The molecule has 0 bridgehead atoms. The Morgan fingerprint density at radius 3 is 2.20 bits per heavy atom. The van der Waals surface area contributed by atoms with E-state index in [9.17, 15) is 18.0 Å². The minimum absolute atomic E-state index is 0.00142. The summed E-state index contributed by atoms with van der Waals surface area (Å²) < 4.78 is 28.8. The van der Waals surface area contributed by atoms with E-state index in [4.69, 9.17) is 34.8 Å². The number of carbonyl (C=O) groups excluding carboxylic acids is 2. The lowest BCUT2D eigenvalue weighted by Gasteiger charge is -2.33. The first-order chi connectivity index (χ1) is 18.9. The van der Waals surface area contributed by atoms with E-state index in [-0.39, 0.29) is 29.1 Å². The fourth-order valence-electron chi connectivity index (χ4n) is 3.98. The second kappa shape index (κ2) is 13.7. The van der Waals surface area contributed by atoms with Gasteiger partial charge in [0.2, 0.25) is 11.8 Å². The van der Waals surface area contributed by atoms with Crippen molar-refractivity contribution in [2.75, 3.05) is 10.8 Å². The molecule has 40 heavy (non-hydrogen) atoms. The van der Waals surface area contributed by atoms with Gasteiger partial charge in [0.25, 0.3) is 10.0 Å².